The van der Waals surface area contributed by atoms with Gasteiger partial charge in [0.15, 0.2) is 5.69 Å². The topological polar surface area (TPSA) is 39.6 Å². The molecule has 4 nitrogen and oxygen atoms in total. The van der Waals surface area contributed by atoms with Crippen LogP contribution in [0.5, 0.6) is 5.75 Å². The number of nitrogens with zero attached hydrogens (tertiary/aromatic N) is 2. The van der Waals surface area contributed by atoms with Gasteiger partial charge in [-0.15, -0.1) is 0 Å². The first-order chi connectivity index (χ1) is 13.3. The van der Waals surface area contributed by atoms with Crippen molar-refractivity contribution in [2.24, 2.45) is 0 Å². The maximum Gasteiger partial charge on any atom is 0.187 e. The van der Waals surface area contributed by atoms with E-state index in [1.807, 2.05) is 60.7 Å². The van der Waals surface area contributed by atoms with E-state index >= 15 is 0 Å². The van der Waals surface area contributed by atoms with Crippen LogP contribution in [0, 0.1) is 6.57 Å². The fourth-order valence-electron chi connectivity index (χ4n) is 3.47. The highest BCUT2D eigenvalue weighted by Crippen LogP contribution is 2.40. The zero-order valence-electron chi connectivity index (χ0n) is 14.6. The average Bonchev–Trinajstić information content (AvgIpc) is 3.12. The van der Waals surface area contributed by atoms with Gasteiger partial charge < -0.3 is 9.15 Å². The number of para-hydroxylation sites is 1. The van der Waals surface area contributed by atoms with Crippen molar-refractivity contribution in [2.75, 3.05) is 7.11 Å². The number of hydrogen-bond acceptors (Lipinski definition) is 3. The van der Waals surface area contributed by atoms with Gasteiger partial charge in [-0.05, 0) is 23.8 Å². The van der Waals surface area contributed by atoms with Crippen molar-refractivity contribution >= 4 is 38.5 Å². The first kappa shape index (κ1) is 15.4. The average molecular weight is 350 g/mol. The third-order valence-electron chi connectivity index (χ3n) is 4.78. The van der Waals surface area contributed by atoms with E-state index in [0.717, 1.165) is 49.8 Å². The predicted octanol–water partition coefficient (Wildman–Crippen LogP) is 6.36. The molecule has 0 radical (unpaired) electrons. The molecule has 2 heterocycles. The van der Waals surface area contributed by atoms with Crippen molar-refractivity contribution in [1.29, 1.82) is 0 Å². The summed E-state index contributed by atoms with van der Waals surface area (Å²) in [4.78, 5) is 8.42. The van der Waals surface area contributed by atoms with Crippen LogP contribution in [0.4, 0.5) is 5.69 Å². The standard InChI is InChI=1S/C23H14N2O2/c1-24-15-9-7-14(8-10-15)22-21-18-5-3-4-6-20(18)27-23(21)17-12-11-16(26-2)13-19(17)25-22/h3-13H,2H3. The van der Waals surface area contributed by atoms with Gasteiger partial charge in [0.05, 0.1) is 30.3 Å². The molecule has 0 saturated heterocycles. The van der Waals surface area contributed by atoms with E-state index in [0.29, 0.717) is 5.69 Å². The lowest BCUT2D eigenvalue weighted by molar-refractivity contribution is 0.415. The Bertz CT molecular complexity index is 1360. The summed E-state index contributed by atoms with van der Waals surface area (Å²) in [5, 5.41) is 2.96. The van der Waals surface area contributed by atoms with Gasteiger partial charge in [-0.1, -0.05) is 42.5 Å². The van der Waals surface area contributed by atoms with Crippen molar-refractivity contribution in [3.05, 3.63) is 78.1 Å². The molecule has 3 aromatic carbocycles. The number of hydrogen-bond donors (Lipinski definition) is 0. The summed E-state index contributed by atoms with van der Waals surface area (Å²) in [6, 6.07) is 21.3. The number of ether oxygens (including phenoxy) is 1. The van der Waals surface area contributed by atoms with Crippen LogP contribution in [-0.4, -0.2) is 12.1 Å². The first-order valence-electron chi connectivity index (χ1n) is 8.55. The molecule has 128 valence electrons. The van der Waals surface area contributed by atoms with E-state index in [2.05, 4.69) is 10.9 Å². The Hall–Kier alpha value is -3.84. The molecule has 0 N–H and O–H groups in total. The molecule has 0 aliphatic carbocycles. The van der Waals surface area contributed by atoms with Crippen LogP contribution in [0.1, 0.15) is 0 Å². The SMILES string of the molecule is [C-]#[N+]c1ccc(-c2nc3cc(OC)ccc3c3oc4ccccc4c23)cc1. The van der Waals surface area contributed by atoms with Gasteiger partial charge in [0.2, 0.25) is 0 Å². The number of rotatable bonds is 2. The molecule has 0 unspecified atom stereocenters. The summed E-state index contributed by atoms with van der Waals surface area (Å²) in [6.45, 7) is 7.17. The lowest BCUT2D eigenvalue weighted by Crippen LogP contribution is -1.89. The van der Waals surface area contributed by atoms with Crippen molar-refractivity contribution in [2.45, 2.75) is 0 Å². The highest BCUT2D eigenvalue weighted by molar-refractivity contribution is 6.19. The molecule has 5 rings (SSSR count). The molecule has 5 aromatic rings. The minimum Gasteiger partial charge on any atom is -0.497 e. The van der Waals surface area contributed by atoms with Gasteiger partial charge in [-0.25, -0.2) is 9.83 Å². The Morgan fingerprint density at radius 1 is 0.963 bits per heavy atom. The Morgan fingerprint density at radius 3 is 2.56 bits per heavy atom. The van der Waals surface area contributed by atoms with E-state index in [1.54, 1.807) is 7.11 Å². The zero-order chi connectivity index (χ0) is 18.4. The largest absolute Gasteiger partial charge is 0.497 e. The second-order valence-electron chi connectivity index (χ2n) is 6.30. The molecule has 27 heavy (non-hydrogen) atoms. The summed E-state index contributed by atoms with van der Waals surface area (Å²) < 4.78 is 11.6. The summed E-state index contributed by atoms with van der Waals surface area (Å²) in [5.74, 6) is 0.750. The van der Waals surface area contributed by atoms with E-state index in [9.17, 15) is 0 Å². The Balaban J connectivity index is 1.94. The summed E-state index contributed by atoms with van der Waals surface area (Å²) in [6.07, 6.45) is 0. The van der Waals surface area contributed by atoms with Crippen LogP contribution in [-0.2, 0) is 0 Å². The quantitative estimate of drug-likeness (QED) is 0.348. The number of aromatic nitrogens is 1. The monoisotopic (exact) mass is 350 g/mol. The van der Waals surface area contributed by atoms with Crippen molar-refractivity contribution < 1.29 is 9.15 Å². The Morgan fingerprint density at radius 2 is 1.78 bits per heavy atom. The second kappa shape index (κ2) is 5.86. The summed E-state index contributed by atoms with van der Waals surface area (Å²) in [5.41, 5.74) is 4.85. The molecule has 0 bridgehead atoms. The minimum atomic E-state index is 0.606. The van der Waals surface area contributed by atoms with Crippen molar-refractivity contribution in [3.63, 3.8) is 0 Å². The van der Waals surface area contributed by atoms with Gasteiger partial charge in [-0.2, -0.15) is 0 Å². The molecule has 0 aliphatic heterocycles. The molecule has 4 heteroatoms. The summed E-state index contributed by atoms with van der Waals surface area (Å²) in [7, 11) is 1.64. The normalized spacial score (nSPS) is 11.1. The lowest BCUT2D eigenvalue weighted by Gasteiger charge is -2.08. The van der Waals surface area contributed by atoms with E-state index in [4.69, 9.17) is 20.7 Å². The third-order valence-corrected chi connectivity index (χ3v) is 4.78. The molecule has 0 saturated carbocycles. The molecular weight excluding hydrogens is 336 g/mol. The van der Waals surface area contributed by atoms with Crippen LogP contribution in [0.15, 0.2) is 71.1 Å². The number of benzene rings is 3. The number of pyridine rings is 1. The molecule has 0 spiro atoms. The van der Waals surface area contributed by atoms with Gasteiger partial charge in [0.1, 0.15) is 16.9 Å². The van der Waals surface area contributed by atoms with Crippen LogP contribution in [0.3, 0.4) is 0 Å². The highest BCUT2D eigenvalue weighted by Gasteiger charge is 2.17. The van der Waals surface area contributed by atoms with Crippen LogP contribution in [0.25, 0.3) is 48.9 Å². The Labute approximate surface area is 155 Å². The maximum absolute atomic E-state index is 7.17. The van der Waals surface area contributed by atoms with E-state index < -0.39 is 0 Å². The fourth-order valence-corrected chi connectivity index (χ4v) is 3.47. The smallest absolute Gasteiger partial charge is 0.187 e. The van der Waals surface area contributed by atoms with Crippen molar-refractivity contribution in [1.82, 2.24) is 4.98 Å². The van der Waals surface area contributed by atoms with Gasteiger partial charge in [0, 0.05) is 16.8 Å². The first-order valence-corrected chi connectivity index (χ1v) is 8.55. The van der Waals surface area contributed by atoms with Gasteiger partial charge >= 0.3 is 0 Å². The van der Waals surface area contributed by atoms with E-state index in [-0.39, 0.29) is 0 Å². The fraction of sp³-hybridized carbons (Fsp3) is 0.0435. The molecule has 0 fully saturated rings. The molecular formula is C23H14N2O2. The van der Waals surface area contributed by atoms with Crippen LogP contribution < -0.4 is 4.74 Å². The molecule has 0 atom stereocenters. The second-order valence-corrected chi connectivity index (χ2v) is 6.30. The number of fused-ring (bicyclic) bond motifs is 5. The van der Waals surface area contributed by atoms with Gasteiger partial charge in [0.25, 0.3) is 0 Å². The highest BCUT2D eigenvalue weighted by atomic mass is 16.5. The zero-order valence-corrected chi connectivity index (χ0v) is 14.6. The molecule has 2 aromatic heterocycles. The van der Waals surface area contributed by atoms with Crippen LogP contribution >= 0.6 is 0 Å². The third kappa shape index (κ3) is 2.33. The summed E-state index contributed by atoms with van der Waals surface area (Å²) >= 11 is 0. The molecule has 0 aliphatic rings. The lowest BCUT2D eigenvalue weighted by atomic mass is 10.0. The van der Waals surface area contributed by atoms with Crippen LogP contribution in [0.2, 0.25) is 0 Å². The number of furan rings is 1. The van der Waals surface area contributed by atoms with E-state index in [1.165, 1.54) is 0 Å². The predicted molar refractivity (Wildman–Crippen MR) is 107 cm³/mol. The Kier molecular flexibility index (Phi) is 3.34. The number of methoxy groups -OCH3 is 1. The maximum atomic E-state index is 7.17. The van der Waals surface area contributed by atoms with Gasteiger partial charge in [-0.3, -0.25) is 0 Å². The molecule has 0 amide bonds. The van der Waals surface area contributed by atoms with Crippen molar-refractivity contribution in [3.8, 4) is 17.0 Å². The minimum absolute atomic E-state index is 0.606.